The van der Waals surface area contributed by atoms with Crippen LogP contribution in [0, 0.1) is 24.0 Å². The number of piperazine rings is 1. The molecule has 0 unspecified atom stereocenters. The zero-order chi connectivity index (χ0) is 22.1. The predicted octanol–water partition coefficient (Wildman–Crippen LogP) is 1.22. The number of carbonyl (C=O) groups excluding carboxylic acids is 1. The van der Waals surface area contributed by atoms with E-state index in [-0.39, 0.29) is 27.9 Å². The van der Waals surface area contributed by atoms with E-state index in [2.05, 4.69) is 9.88 Å². The monoisotopic (exact) mass is 437 g/mol. The van der Waals surface area contributed by atoms with Gasteiger partial charge in [0.05, 0.1) is 11.0 Å². The molecule has 30 heavy (non-hydrogen) atoms. The van der Waals surface area contributed by atoms with Crippen LogP contribution in [-0.2, 0) is 14.8 Å². The first-order chi connectivity index (χ1) is 14.1. The van der Waals surface area contributed by atoms with E-state index in [4.69, 9.17) is 4.52 Å². The number of nitro benzene ring substituents is 1. The van der Waals surface area contributed by atoms with Crippen molar-refractivity contribution < 1.29 is 22.7 Å². The van der Waals surface area contributed by atoms with Crippen LogP contribution in [0.15, 0.2) is 33.7 Å². The summed E-state index contributed by atoms with van der Waals surface area (Å²) in [4.78, 5) is 26.9. The summed E-state index contributed by atoms with van der Waals surface area (Å²) in [5.74, 6) is -0.217. The van der Waals surface area contributed by atoms with E-state index in [1.807, 2.05) is 4.90 Å². The molecule has 2 aromatic rings. The molecule has 3 rings (SSSR count). The number of carbonyl (C=O) groups is 1. The van der Waals surface area contributed by atoms with E-state index in [9.17, 15) is 23.3 Å². The van der Waals surface area contributed by atoms with E-state index in [0.717, 1.165) is 0 Å². The lowest BCUT2D eigenvalue weighted by Gasteiger charge is -2.36. The first-order valence-electron chi connectivity index (χ1n) is 9.34. The molecule has 0 saturated carbocycles. The maximum absolute atomic E-state index is 12.8. The number of para-hydroxylation sites is 2. The molecule has 11 nitrogen and oxygen atoms in total. The summed E-state index contributed by atoms with van der Waals surface area (Å²) in [7, 11) is -3.97. The molecule has 12 heteroatoms. The smallest absolute Gasteiger partial charge is 0.292 e. The van der Waals surface area contributed by atoms with Crippen molar-refractivity contribution in [1.82, 2.24) is 14.8 Å². The Morgan fingerprint density at radius 1 is 1.23 bits per heavy atom. The SMILES string of the molecule is Cc1noc(C)c1S(=O)(=O)N[C@@H](C)C(=O)N1CCN(c2ccccc2[N+](=O)[O-])CC1. The van der Waals surface area contributed by atoms with Crippen molar-refractivity contribution in [2.45, 2.75) is 31.7 Å². The Morgan fingerprint density at radius 3 is 2.43 bits per heavy atom. The number of nitrogens with one attached hydrogen (secondary N) is 1. The molecule has 0 spiro atoms. The molecular formula is C18H23N5O6S. The maximum atomic E-state index is 12.8. The minimum atomic E-state index is -3.97. The first kappa shape index (κ1) is 21.7. The number of aromatic nitrogens is 1. The zero-order valence-corrected chi connectivity index (χ0v) is 17.7. The fourth-order valence-corrected chi connectivity index (χ4v) is 5.05. The Labute approximate surface area is 173 Å². The van der Waals surface area contributed by atoms with Crippen molar-refractivity contribution in [3.05, 3.63) is 45.8 Å². The zero-order valence-electron chi connectivity index (χ0n) is 16.9. The molecule has 0 radical (unpaired) electrons. The second-order valence-corrected chi connectivity index (χ2v) is 8.71. The number of nitro groups is 1. The van der Waals surface area contributed by atoms with Gasteiger partial charge in [-0.2, -0.15) is 4.72 Å². The van der Waals surface area contributed by atoms with Crippen molar-refractivity contribution in [2.75, 3.05) is 31.1 Å². The number of amides is 1. The minimum Gasteiger partial charge on any atom is -0.362 e. The third-order valence-electron chi connectivity index (χ3n) is 4.95. The third kappa shape index (κ3) is 4.28. The lowest BCUT2D eigenvalue weighted by molar-refractivity contribution is -0.384. The van der Waals surface area contributed by atoms with E-state index >= 15 is 0 Å². The molecule has 1 aromatic carbocycles. The van der Waals surface area contributed by atoms with E-state index in [1.165, 1.54) is 26.8 Å². The quantitative estimate of drug-likeness (QED) is 0.526. The second-order valence-electron chi connectivity index (χ2n) is 7.05. The molecule has 0 aliphatic carbocycles. The van der Waals surface area contributed by atoms with Gasteiger partial charge in [0.1, 0.15) is 16.3 Å². The highest BCUT2D eigenvalue weighted by Gasteiger charge is 2.32. The molecule has 1 fully saturated rings. The van der Waals surface area contributed by atoms with Gasteiger partial charge in [0.2, 0.25) is 15.9 Å². The summed E-state index contributed by atoms with van der Waals surface area (Å²) in [6, 6.07) is 5.47. The van der Waals surface area contributed by atoms with Gasteiger partial charge >= 0.3 is 0 Å². The van der Waals surface area contributed by atoms with E-state index in [0.29, 0.717) is 31.9 Å². The second kappa shape index (κ2) is 8.40. The van der Waals surface area contributed by atoms with Crippen LogP contribution in [0.2, 0.25) is 0 Å². The average Bonchev–Trinajstić information content (AvgIpc) is 3.06. The number of benzene rings is 1. The van der Waals surface area contributed by atoms with Gasteiger partial charge in [0, 0.05) is 32.2 Å². The van der Waals surface area contributed by atoms with Crippen molar-refractivity contribution in [3.63, 3.8) is 0 Å². The molecule has 1 saturated heterocycles. The number of hydrogen-bond acceptors (Lipinski definition) is 8. The molecule has 0 bridgehead atoms. The highest BCUT2D eigenvalue weighted by atomic mass is 32.2. The van der Waals surface area contributed by atoms with Crippen molar-refractivity contribution in [3.8, 4) is 0 Å². The Hall–Kier alpha value is -2.99. The summed E-state index contributed by atoms with van der Waals surface area (Å²) in [6.45, 7) is 5.93. The van der Waals surface area contributed by atoms with Gasteiger partial charge in [-0.25, -0.2) is 8.42 Å². The van der Waals surface area contributed by atoms with Crippen LogP contribution in [0.1, 0.15) is 18.4 Å². The summed E-state index contributed by atoms with van der Waals surface area (Å²) in [5, 5.41) is 14.9. The largest absolute Gasteiger partial charge is 0.362 e. The van der Waals surface area contributed by atoms with Gasteiger partial charge in [-0.15, -0.1) is 0 Å². The van der Waals surface area contributed by atoms with Gasteiger partial charge in [-0.3, -0.25) is 14.9 Å². The van der Waals surface area contributed by atoms with Gasteiger partial charge in [-0.05, 0) is 26.8 Å². The first-order valence-corrected chi connectivity index (χ1v) is 10.8. The number of hydrogen-bond donors (Lipinski definition) is 1. The Bertz CT molecular complexity index is 1040. The molecule has 1 aliphatic rings. The molecule has 1 aromatic heterocycles. The van der Waals surface area contributed by atoms with Crippen molar-refractivity contribution in [1.29, 1.82) is 0 Å². The van der Waals surface area contributed by atoms with Crippen molar-refractivity contribution in [2.24, 2.45) is 0 Å². The van der Waals surface area contributed by atoms with Gasteiger partial charge < -0.3 is 14.3 Å². The predicted molar refractivity (Wildman–Crippen MR) is 108 cm³/mol. The lowest BCUT2D eigenvalue weighted by atomic mass is 10.2. The number of sulfonamides is 1. The van der Waals surface area contributed by atoms with E-state index in [1.54, 1.807) is 23.1 Å². The average molecular weight is 437 g/mol. The summed E-state index contributed by atoms with van der Waals surface area (Å²) >= 11 is 0. The Balaban J connectivity index is 1.65. The summed E-state index contributed by atoms with van der Waals surface area (Å²) < 4.78 is 32.5. The Kier molecular flexibility index (Phi) is 6.08. The van der Waals surface area contributed by atoms with Crippen LogP contribution in [0.25, 0.3) is 0 Å². The molecule has 1 aliphatic heterocycles. The van der Waals surface area contributed by atoms with Crippen molar-refractivity contribution >= 4 is 27.3 Å². The number of aryl methyl sites for hydroxylation is 2. The highest BCUT2D eigenvalue weighted by Crippen LogP contribution is 2.28. The molecule has 1 amide bonds. The fourth-order valence-electron chi connectivity index (χ4n) is 3.53. The molecule has 162 valence electrons. The van der Waals surface area contributed by atoms with Gasteiger partial charge in [0.15, 0.2) is 5.76 Å². The van der Waals surface area contributed by atoms with Crippen LogP contribution in [-0.4, -0.2) is 61.5 Å². The van der Waals surface area contributed by atoms with Crippen LogP contribution in [0.3, 0.4) is 0 Å². The van der Waals surface area contributed by atoms with Crippen LogP contribution in [0.4, 0.5) is 11.4 Å². The maximum Gasteiger partial charge on any atom is 0.292 e. The lowest BCUT2D eigenvalue weighted by Crippen LogP contribution is -2.54. The van der Waals surface area contributed by atoms with Crippen LogP contribution in [0.5, 0.6) is 0 Å². The molecule has 1 N–H and O–H groups in total. The standard InChI is InChI=1S/C18H23N5O6S/c1-12-17(14(3)29-19-12)30(27,28)20-13(2)18(24)22-10-8-21(9-11-22)15-6-4-5-7-16(15)23(25)26/h4-7,13,20H,8-11H2,1-3H3/t13-/m0/s1. The van der Waals surface area contributed by atoms with Crippen LogP contribution >= 0.6 is 0 Å². The summed E-state index contributed by atoms with van der Waals surface area (Å²) in [6.07, 6.45) is 0. The fraction of sp³-hybridized carbons (Fsp3) is 0.444. The van der Waals surface area contributed by atoms with E-state index < -0.39 is 21.0 Å². The number of nitrogens with zero attached hydrogens (tertiary/aromatic N) is 4. The Morgan fingerprint density at radius 2 is 1.87 bits per heavy atom. The molecular weight excluding hydrogens is 414 g/mol. The number of anilines is 1. The highest BCUT2D eigenvalue weighted by molar-refractivity contribution is 7.89. The number of rotatable bonds is 6. The summed E-state index contributed by atoms with van der Waals surface area (Å²) in [5.41, 5.74) is 0.734. The third-order valence-corrected chi connectivity index (χ3v) is 6.73. The molecule has 1 atom stereocenters. The molecule has 2 heterocycles. The normalized spacial score (nSPS) is 15.8. The topological polar surface area (TPSA) is 139 Å². The van der Waals surface area contributed by atoms with Gasteiger partial charge in [-0.1, -0.05) is 17.3 Å². The van der Waals surface area contributed by atoms with Gasteiger partial charge in [0.25, 0.3) is 5.69 Å². The van der Waals surface area contributed by atoms with Crippen LogP contribution < -0.4 is 9.62 Å². The minimum absolute atomic E-state index is 0.0119.